The highest BCUT2D eigenvalue weighted by Crippen LogP contribution is 2.35. The number of aryl methyl sites for hydroxylation is 3. The normalized spacial score (nSPS) is 11.4. The van der Waals surface area contributed by atoms with E-state index < -0.39 is 11.8 Å². The average Bonchev–Trinajstić information content (AvgIpc) is 3.40. The highest BCUT2D eigenvalue weighted by atomic mass is 19.1. The number of benzene rings is 2. The van der Waals surface area contributed by atoms with Gasteiger partial charge >= 0.3 is 5.97 Å². The number of ether oxygens (including phenoxy) is 1. The molecule has 0 unspecified atom stereocenters. The van der Waals surface area contributed by atoms with Crippen LogP contribution in [0.15, 0.2) is 53.1 Å². The highest BCUT2D eigenvalue weighted by molar-refractivity contribution is 6.02. The minimum atomic E-state index is -0.744. The van der Waals surface area contributed by atoms with Gasteiger partial charge in [0.15, 0.2) is 5.65 Å². The van der Waals surface area contributed by atoms with E-state index in [-0.39, 0.29) is 5.56 Å². The maximum Gasteiger partial charge on any atom is 0.341 e. The minimum Gasteiger partial charge on any atom is -0.465 e. The standard InChI is InChI=1S/C27H24FN3O3/c1-5-22-30-24-15(2)11-16(3)29-26(24)31(22)13-17-9-10-19-18(12-17)14-34-25(19)20-7-6-8-21(28)23(20)27(32)33-4/h6-12,14H,5,13H2,1-4H3. The van der Waals surface area contributed by atoms with Gasteiger partial charge in [0.1, 0.15) is 28.5 Å². The summed E-state index contributed by atoms with van der Waals surface area (Å²) in [5.41, 5.74) is 5.16. The lowest BCUT2D eigenvalue weighted by Gasteiger charge is -2.09. The van der Waals surface area contributed by atoms with Gasteiger partial charge < -0.3 is 13.7 Å². The number of furan rings is 1. The lowest BCUT2D eigenvalue weighted by molar-refractivity contribution is 0.0596. The fraction of sp³-hybridized carbons (Fsp3) is 0.222. The van der Waals surface area contributed by atoms with Crippen molar-refractivity contribution in [1.29, 1.82) is 0 Å². The maximum absolute atomic E-state index is 14.5. The van der Waals surface area contributed by atoms with Crippen molar-refractivity contribution in [3.05, 3.63) is 82.8 Å². The highest BCUT2D eigenvalue weighted by Gasteiger charge is 2.22. The number of methoxy groups -OCH3 is 1. The van der Waals surface area contributed by atoms with Gasteiger partial charge in [0.05, 0.1) is 19.9 Å². The van der Waals surface area contributed by atoms with E-state index in [0.717, 1.165) is 51.0 Å². The number of pyridine rings is 1. The van der Waals surface area contributed by atoms with Crippen LogP contribution in [0.25, 0.3) is 33.3 Å². The van der Waals surface area contributed by atoms with E-state index in [0.29, 0.717) is 17.9 Å². The van der Waals surface area contributed by atoms with Crippen molar-refractivity contribution in [1.82, 2.24) is 14.5 Å². The molecule has 0 bridgehead atoms. The largest absolute Gasteiger partial charge is 0.465 e. The Kier molecular flexibility index (Phi) is 5.40. The monoisotopic (exact) mass is 457 g/mol. The number of halogens is 1. The molecule has 0 aliphatic rings. The summed E-state index contributed by atoms with van der Waals surface area (Å²) < 4.78 is 27.2. The second-order valence-electron chi connectivity index (χ2n) is 8.36. The van der Waals surface area contributed by atoms with Crippen LogP contribution in [0.4, 0.5) is 4.39 Å². The quantitative estimate of drug-likeness (QED) is 0.303. The molecule has 172 valence electrons. The van der Waals surface area contributed by atoms with Crippen LogP contribution >= 0.6 is 0 Å². The second kappa shape index (κ2) is 8.41. The van der Waals surface area contributed by atoms with Gasteiger partial charge in [-0.2, -0.15) is 0 Å². The number of esters is 1. The third-order valence-corrected chi connectivity index (χ3v) is 6.07. The zero-order chi connectivity index (χ0) is 24.0. The van der Waals surface area contributed by atoms with E-state index in [1.54, 1.807) is 18.4 Å². The Morgan fingerprint density at radius 1 is 1.15 bits per heavy atom. The third-order valence-electron chi connectivity index (χ3n) is 6.07. The van der Waals surface area contributed by atoms with E-state index in [1.165, 1.54) is 13.2 Å². The predicted molar refractivity (Wildman–Crippen MR) is 128 cm³/mol. The number of fused-ring (bicyclic) bond motifs is 2. The molecule has 0 fully saturated rings. The molecule has 3 aromatic heterocycles. The van der Waals surface area contributed by atoms with Crippen molar-refractivity contribution >= 4 is 27.9 Å². The first-order valence-corrected chi connectivity index (χ1v) is 11.1. The molecule has 5 aromatic rings. The fourth-order valence-corrected chi connectivity index (χ4v) is 4.50. The van der Waals surface area contributed by atoms with Crippen LogP contribution in [0, 0.1) is 19.7 Å². The number of rotatable bonds is 5. The molecule has 0 atom stereocenters. The molecule has 0 amide bonds. The van der Waals surface area contributed by atoms with Crippen LogP contribution in [0.5, 0.6) is 0 Å². The Morgan fingerprint density at radius 3 is 2.74 bits per heavy atom. The number of hydrogen-bond donors (Lipinski definition) is 0. The smallest absolute Gasteiger partial charge is 0.341 e. The van der Waals surface area contributed by atoms with E-state index in [9.17, 15) is 9.18 Å². The first-order chi connectivity index (χ1) is 16.4. The zero-order valence-electron chi connectivity index (χ0n) is 19.5. The summed E-state index contributed by atoms with van der Waals surface area (Å²) in [4.78, 5) is 21.8. The van der Waals surface area contributed by atoms with Crippen molar-refractivity contribution in [2.24, 2.45) is 0 Å². The van der Waals surface area contributed by atoms with Crippen molar-refractivity contribution in [2.75, 3.05) is 7.11 Å². The molecular formula is C27H24FN3O3. The summed E-state index contributed by atoms with van der Waals surface area (Å²) in [7, 11) is 1.23. The molecule has 2 aromatic carbocycles. The van der Waals surface area contributed by atoms with Crippen LogP contribution in [0.3, 0.4) is 0 Å². The number of nitrogens with zero attached hydrogens (tertiary/aromatic N) is 3. The van der Waals surface area contributed by atoms with E-state index in [4.69, 9.17) is 19.1 Å². The molecule has 7 heteroatoms. The predicted octanol–water partition coefficient (Wildman–Crippen LogP) is 6.00. The summed E-state index contributed by atoms with van der Waals surface area (Å²) >= 11 is 0. The molecule has 0 spiro atoms. The van der Waals surface area contributed by atoms with Crippen LogP contribution in [-0.2, 0) is 17.7 Å². The molecule has 34 heavy (non-hydrogen) atoms. The molecule has 0 aliphatic carbocycles. The molecule has 3 heterocycles. The van der Waals surface area contributed by atoms with Gasteiger partial charge in [-0.3, -0.25) is 0 Å². The van der Waals surface area contributed by atoms with Crippen molar-refractivity contribution < 1.29 is 18.3 Å². The Hall–Kier alpha value is -4.00. The third kappa shape index (κ3) is 3.53. The summed E-state index contributed by atoms with van der Waals surface area (Å²) in [5.74, 6) is 0.0116. The SMILES string of the molecule is CCc1nc2c(C)cc(C)nc2n1Cc1ccc2c(-c3cccc(F)c3C(=O)OC)occ2c1. The fourth-order valence-electron chi connectivity index (χ4n) is 4.50. The lowest BCUT2D eigenvalue weighted by atomic mass is 10.0. The van der Waals surface area contributed by atoms with Gasteiger partial charge in [-0.15, -0.1) is 0 Å². The molecule has 0 radical (unpaired) electrons. The molecule has 0 saturated carbocycles. The summed E-state index contributed by atoms with van der Waals surface area (Å²) in [6.45, 7) is 6.74. The van der Waals surface area contributed by atoms with Gasteiger partial charge in [0.2, 0.25) is 0 Å². The van der Waals surface area contributed by atoms with Crippen molar-refractivity contribution in [2.45, 2.75) is 33.7 Å². The Bertz CT molecular complexity index is 1560. The summed E-state index contributed by atoms with van der Waals surface area (Å²) in [5, 5.41) is 1.64. The van der Waals surface area contributed by atoms with Gasteiger partial charge in [-0.25, -0.2) is 19.2 Å². The topological polar surface area (TPSA) is 70.2 Å². The van der Waals surface area contributed by atoms with Gasteiger partial charge in [-0.1, -0.05) is 31.2 Å². The van der Waals surface area contributed by atoms with Crippen molar-refractivity contribution in [3.63, 3.8) is 0 Å². The van der Waals surface area contributed by atoms with Gasteiger partial charge in [0, 0.05) is 28.5 Å². The van der Waals surface area contributed by atoms with Crippen LogP contribution < -0.4 is 0 Å². The van der Waals surface area contributed by atoms with Gasteiger partial charge in [0.25, 0.3) is 0 Å². The second-order valence-corrected chi connectivity index (χ2v) is 8.36. The zero-order valence-corrected chi connectivity index (χ0v) is 19.5. The lowest BCUT2D eigenvalue weighted by Crippen LogP contribution is -2.06. The van der Waals surface area contributed by atoms with Crippen LogP contribution in [0.1, 0.15) is 39.9 Å². The molecule has 6 nitrogen and oxygen atoms in total. The van der Waals surface area contributed by atoms with E-state index in [1.807, 2.05) is 31.2 Å². The van der Waals surface area contributed by atoms with E-state index >= 15 is 0 Å². The maximum atomic E-state index is 14.5. The Morgan fingerprint density at radius 2 is 1.97 bits per heavy atom. The first kappa shape index (κ1) is 21.8. The summed E-state index contributed by atoms with van der Waals surface area (Å²) in [6, 6.07) is 12.5. The number of imidazole rings is 1. The van der Waals surface area contributed by atoms with Crippen molar-refractivity contribution in [3.8, 4) is 11.3 Å². The van der Waals surface area contributed by atoms with Crippen LogP contribution in [0.2, 0.25) is 0 Å². The summed E-state index contributed by atoms with van der Waals surface area (Å²) in [6.07, 6.45) is 2.42. The number of carbonyl (C=O) groups excluding carboxylic acids is 1. The Labute approximate surface area is 196 Å². The number of carbonyl (C=O) groups is 1. The molecule has 0 saturated heterocycles. The minimum absolute atomic E-state index is 0.139. The van der Waals surface area contributed by atoms with Gasteiger partial charge in [-0.05, 0) is 43.2 Å². The van der Waals surface area contributed by atoms with Crippen LogP contribution in [-0.4, -0.2) is 27.6 Å². The number of aromatic nitrogens is 3. The number of hydrogen-bond acceptors (Lipinski definition) is 5. The Balaban J connectivity index is 1.58. The molecule has 0 N–H and O–H groups in total. The average molecular weight is 458 g/mol. The molecule has 0 aliphatic heterocycles. The first-order valence-electron chi connectivity index (χ1n) is 11.1. The van der Waals surface area contributed by atoms with E-state index in [2.05, 4.69) is 18.4 Å². The molecule has 5 rings (SSSR count). The molecular weight excluding hydrogens is 433 g/mol.